The Balaban J connectivity index is 1.66. The number of anilines is 1. The Hall–Kier alpha value is -2.68. The largest absolute Gasteiger partial charge is 0.496 e. The summed E-state index contributed by atoms with van der Waals surface area (Å²) in [7, 11) is 1.53. The van der Waals surface area contributed by atoms with Crippen molar-refractivity contribution in [3.8, 4) is 17.6 Å². The summed E-state index contributed by atoms with van der Waals surface area (Å²) in [5, 5.41) is 2.62. The first kappa shape index (κ1) is 20.1. The summed E-state index contributed by atoms with van der Waals surface area (Å²) in [5.74, 6) is 7.15. The first-order chi connectivity index (χ1) is 13.6. The molecule has 2 fully saturated rings. The smallest absolute Gasteiger partial charge is 0.412 e. The highest BCUT2D eigenvalue weighted by molar-refractivity contribution is 5.98. The number of carbonyl (C=O) groups excluding carboxylic acids is 2. The highest BCUT2D eigenvalue weighted by Gasteiger charge is 2.33. The molecule has 1 aromatic rings. The van der Waals surface area contributed by atoms with Gasteiger partial charge in [0.15, 0.2) is 6.61 Å². The van der Waals surface area contributed by atoms with E-state index in [4.69, 9.17) is 9.47 Å². The minimum Gasteiger partial charge on any atom is -0.496 e. The van der Waals surface area contributed by atoms with Crippen LogP contribution in [0.15, 0.2) is 18.2 Å². The lowest BCUT2D eigenvalue weighted by molar-refractivity contribution is 0.0518. The summed E-state index contributed by atoms with van der Waals surface area (Å²) in [5.41, 5.74) is 1.03. The van der Waals surface area contributed by atoms with Gasteiger partial charge in [-0.2, -0.15) is 0 Å². The molecule has 2 atom stereocenters. The molecule has 0 aromatic heterocycles. The maximum Gasteiger partial charge on any atom is 0.412 e. The molecule has 0 spiro atoms. The van der Waals surface area contributed by atoms with E-state index >= 15 is 0 Å². The first-order valence-corrected chi connectivity index (χ1v) is 9.93. The van der Waals surface area contributed by atoms with Crippen LogP contribution in [0.1, 0.15) is 49.4 Å². The third kappa shape index (κ3) is 4.78. The fourth-order valence-corrected chi connectivity index (χ4v) is 4.23. The fourth-order valence-electron chi connectivity index (χ4n) is 4.23. The van der Waals surface area contributed by atoms with Crippen LogP contribution in [0.5, 0.6) is 5.75 Å². The van der Waals surface area contributed by atoms with Crippen molar-refractivity contribution >= 4 is 17.7 Å². The third-order valence-electron chi connectivity index (χ3n) is 5.71. The number of likely N-dealkylation sites (tertiary alicyclic amines) is 1. The molecular formula is C22H28N2O4. The van der Waals surface area contributed by atoms with Gasteiger partial charge in [0, 0.05) is 24.8 Å². The Labute approximate surface area is 166 Å². The van der Waals surface area contributed by atoms with E-state index in [1.165, 1.54) is 32.8 Å². The van der Waals surface area contributed by atoms with E-state index in [1.54, 1.807) is 25.1 Å². The van der Waals surface area contributed by atoms with Crippen LogP contribution in [-0.2, 0) is 4.74 Å². The monoisotopic (exact) mass is 384 g/mol. The van der Waals surface area contributed by atoms with Gasteiger partial charge in [0.05, 0.1) is 12.7 Å². The number of nitrogens with one attached hydrogen (secondary N) is 1. The van der Waals surface area contributed by atoms with Crippen molar-refractivity contribution in [2.24, 2.45) is 11.8 Å². The molecule has 1 aliphatic heterocycles. The minimum atomic E-state index is -0.594. The lowest BCUT2D eigenvalue weighted by atomic mass is 9.75. The molecule has 2 aliphatic rings. The molecule has 0 bridgehead atoms. The number of piperidine rings is 1. The topological polar surface area (TPSA) is 67.9 Å². The van der Waals surface area contributed by atoms with Crippen molar-refractivity contribution in [2.75, 3.05) is 32.1 Å². The van der Waals surface area contributed by atoms with Gasteiger partial charge in [0.2, 0.25) is 0 Å². The molecule has 3 rings (SSSR count). The maximum atomic E-state index is 13.1. The number of fused-ring (bicyclic) bond motifs is 1. The van der Waals surface area contributed by atoms with Crippen LogP contribution in [0.2, 0.25) is 0 Å². The van der Waals surface area contributed by atoms with E-state index < -0.39 is 6.09 Å². The molecule has 1 unspecified atom stereocenters. The number of carbonyl (C=O) groups is 2. The Morgan fingerprint density at radius 3 is 2.75 bits per heavy atom. The molecular weight excluding hydrogens is 356 g/mol. The summed E-state index contributed by atoms with van der Waals surface area (Å²) in [6.45, 7) is 3.34. The van der Waals surface area contributed by atoms with Crippen molar-refractivity contribution in [2.45, 2.75) is 39.0 Å². The van der Waals surface area contributed by atoms with Crippen LogP contribution >= 0.6 is 0 Å². The van der Waals surface area contributed by atoms with Gasteiger partial charge in [-0.3, -0.25) is 10.1 Å². The second-order valence-corrected chi connectivity index (χ2v) is 7.39. The van der Waals surface area contributed by atoms with Gasteiger partial charge < -0.3 is 14.4 Å². The second kappa shape index (κ2) is 9.50. The van der Waals surface area contributed by atoms with Crippen LogP contribution in [0.4, 0.5) is 10.5 Å². The van der Waals surface area contributed by atoms with Crippen LogP contribution in [-0.4, -0.2) is 43.7 Å². The molecule has 1 saturated carbocycles. The predicted molar refractivity (Wildman–Crippen MR) is 107 cm³/mol. The van der Waals surface area contributed by atoms with Crippen LogP contribution in [0, 0.1) is 23.7 Å². The highest BCUT2D eigenvalue weighted by atomic mass is 16.5. The van der Waals surface area contributed by atoms with E-state index in [-0.39, 0.29) is 12.5 Å². The molecule has 1 saturated heterocycles. The molecule has 150 valence electrons. The number of amides is 2. The number of hydrogen-bond donors (Lipinski definition) is 1. The third-order valence-corrected chi connectivity index (χ3v) is 5.71. The molecule has 6 heteroatoms. The predicted octanol–water partition coefficient (Wildman–Crippen LogP) is 3.92. The summed E-state index contributed by atoms with van der Waals surface area (Å²) in [4.78, 5) is 26.8. The first-order valence-electron chi connectivity index (χ1n) is 9.93. The van der Waals surface area contributed by atoms with Crippen molar-refractivity contribution in [1.29, 1.82) is 0 Å². The second-order valence-electron chi connectivity index (χ2n) is 7.39. The van der Waals surface area contributed by atoms with Crippen LogP contribution in [0.25, 0.3) is 0 Å². The lowest BCUT2D eigenvalue weighted by Gasteiger charge is -2.41. The Bertz CT molecular complexity index is 780. The van der Waals surface area contributed by atoms with Gasteiger partial charge >= 0.3 is 6.09 Å². The standard InChI is InChI=1S/C22H28N2O4/c1-3-4-13-28-22(26)23-18-9-10-19(20(14-18)27-2)21(25)24-12-11-16-7-5-6-8-17(16)15-24/h9-10,14,16-17H,5-8,11-13,15H2,1-2H3,(H,23,26)/t16?,17-/m0/s1. The van der Waals surface area contributed by atoms with Gasteiger partial charge in [0.25, 0.3) is 5.91 Å². The minimum absolute atomic E-state index is 0.00628. The van der Waals surface area contributed by atoms with Gasteiger partial charge in [-0.1, -0.05) is 25.2 Å². The van der Waals surface area contributed by atoms with Gasteiger partial charge in [0.1, 0.15) is 5.75 Å². The maximum absolute atomic E-state index is 13.1. The quantitative estimate of drug-likeness (QED) is 0.799. The number of rotatable bonds is 4. The van der Waals surface area contributed by atoms with Crippen molar-refractivity contribution in [3.05, 3.63) is 23.8 Å². The molecule has 2 amide bonds. The van der Waals surface area contributed by atoms with Crippen molar-refractivity contribution in [1.82, 2.24) is 4.90 Å². The van der Waals surface area contributed by atoms with Gasteiger partial charge in [-0.25, -0.2) is 4.79 Å². The number of benzene rings is 1. The SMILES string of the molecule is CC#CCOC(=O)Nc1ccc(C(=O)N2CCC3CCCC[C@H]3C2)c(OC)c1. The summed E-state index contributed by atoms with van der Waals surface area (Å²) in [6.07, 6.45) is 5.61. The van der Waals surface area contributed by atoms with Crippen LogP contribution < -0.4 is 10.1 Å². The van der Waals surface area contributed by atoms with Crippen molar-refractivity contribution < 1.29 is 19.1 Å². The normalized spacial score (nSPS) is 21.0. The Kier molecular flexibility index (Phi) is 6.80. The number of nitrogens with zero attached hydrogens (tertiary/aromatic N) is 1. The molecule has 28 heavy (non-hydrogen) atoms. The molecule has 1 aromatic carbocycles. The molecule has 1 N–H and O–H groups in total. The van der Waals surface area contributed by atoms with Gasteiger partial charge in [-0.15, -0.1) is 5.92 Å². The van der Waals surface area contributed by atoms with E-state index in [2.05, 4.69) is 17.2 Å². The highest BCUT2D eigenvalue weighted by Crippen LogP contribution is 2.37. The number of ether oxygens (including phenoxy) is 2. The van der Waals surface area contributed by atoms with Crippen LogP contribution in [0.3, 0.4) is 0 Å². The van der Waals surface area contributed by atoms with Gasteiger partial charge in [-0.05, 0) is 43.7 Å². The molecule has 1 heterocycles. The lowest BCUT2D eigenvalue weighted by Crippen LogP contribution is -2.44. The zero-order chi connectivity index (χ0) is 19.9. The van der Waals surface area contributed by atoms with E-state index in [1.807, 2.05) is 4.90 Å². The van der Waals surface area contributed by atoms with E-state index in [9.17, 15) is 9.59 Å². The zero-order valence-corrected chi connectivity index (χ0v) is 16.6. The fraction of sp³-hybridized carbons (Fsp3) is 0.545. The van der Waals surface area contributed by atoms with E-state index in [0.717, 1.165) is 25.4 Å². The number of hydrogen-bond acceptors (Lipinski definition) is 4. The average molecular weight is 384 g/mol. The summed E-state index contributed by atoms with van der Waals surface area (Å²) in [6, 6.07) is 5.04. The molecule has 0 radical (unpaired) electrons. The molecule has 1 aliphatic carbocycles. The Morgan fingerprint density at radius 2 is 2.00 bits per heavy atom. The summed E-state index contributed by atoms with van der Waals surface area (Å²) >= 11 is 0. The average Bonchev–Trinajstić information content (AvgIpc) is 2.73. The number of methoxy groups -OCH3 is 1. The molecule has 6 nitrogen and oxygen atoms in total. The zero-order valence-electron chi connectivity index (χ0n) is 16.6. The Morgan fingerprint density at radius 1 is 1.21 bits per heavy atom. The summed E-state index contributed by atoms with van der Waals surface area (Å²) < 4.78 is 10.4. The van der Waals surface area contributed by atoms with Crippen molar-refractivity contribution in [3.63, 3.8) is 0 Å². The van der Waals surface area contributed by atoms with E-state index in [0.29, 0.717) is 22.9 Å².